The smallest absolute Gasteiger partial charge is 0.131 e. The molecule has 0 saturated heterocycles. The SMILES string of the molecule is CC1(C)CCCC1c1nnc(CNC2CC2)s1. The van der Waals surface area contributed by atoms with E-state index in [2.05, 4.69) is 29.4 Å². The Labute approximate surface area is 107 Å². The van der Waals surface area contributed by atoms with Gasteiger partial charge in [0.2, 0.25) is 0 Å². The summed E-state index contributed by atoms with van der Waals surface area (Å²) in [6.45, 7) is 5.65. The highest BCUT2D eigenvalue weighted by Gasteiger charge is 2.37. The fourth-order valence-electron chi connectivity index (χ4n) is 2.78. The van der Waals surface area contributed by atoms with Crippen LogP contribution in [0.2, 0.25) is 0 Å². The fourth-order valence-corrected chi connectivity index (χ4v) is 3.92. The van der Waals surface area contributed by atoms with Crippen molar-refractivity contribution in [3.8, 4) is 0 Å². The maximum absolute atomic E-state index is 4.42. The lowest BCUT2D eigenvalue weighted by molar-refractivity contribution is 0.330. The maximum Gasteiger partial charge on any atom is 0.131 e. The number of hydrogen-bond donors (Lipinski definition) is 1. The Bertz CT molecular complexity index is 395. The third-order valence-corrected chi connectivity index (χ3v) is 5.19. The van der Waals surface area contributed by atoms with Crippen LogP contribution in [0, 0.1) is 5.41 Å². The first-order valence-electron chi connectivity index (χ1n) is 6.71. The summed E-state index contributed by atoms with van der Waals surface area (Å²) in [5.74, 6) is 0.634. The molecule has 2 saturated carbocycles. The van der Waals surface area contributed by atoms with Gasteiger partial charge in [-0.15, -0.1) is 10.2 Å². The van der Waals surface area contributed by atoms with E-state index in [-0.39, 0.29) is 0 Å². The molecule has 1 unspecified atom stereocenters. The molecule has 1 atom stereocenters. The first kappa shape index (κ1) is 11.6. The zero-order valence-electron chi connectivity index (χ0n) is 10.7. The molecule has 1 heterocycles. The van der Waals surface area contributed by atoms with Gasteiger partial charge in [-0.3, -0.25) is 0 Å². The Balaban J connectivity index is 1.66. The maximum atomic E-state index is 4.42. The van der Waals surface area contributed by atoms with Gasteiger partial charge >= 0.3 is 0 Å². The van der Waals surface area contributed by atoms with E-state index in [4.69, 9.17) is 0 Å². The Morgan fingerprint density at radius 3 is 2.76 bits per heavy atom. The van der Waals surface area contributed by atoms with Crippen LogP contribution >= 0.6 is 11.3 Å². The molecule has 1 aromatic rings. The summed E-state index contributed by atoms with van der Waals surface area (Å²) < 4.78 is 0. The second kappa shape index (κ2) is 4.32. The first-order valence-corrected chi connectivity index (χ1v) is 7.52. The standard InChI is InChI=1S/C13H21N3S/c1-13(2)7-3-4-10(13)12-16-15-11(17-12)8-14-9-5-6-9/h9-10,14H,3-8H2,1-2H3. The van der Waals surface area contributed by atoms with Gasteiger partial charge in [0, 0.05) is 18.5 Å². The second-order valence-electron chi connectivity index (χ2n) is 6.12. The Kier molecular flexibility index (Phi) is 2.95. The molecule has 2 aliphatic carbocycles. The van der Waals surface area contributed by atoms with Crippen LogP contribution in [0.1, 0.15) is 61.9 Å². The minimum absolute atomic E-state index is 0.417. The number of hydrogen-bond acceptors (Lipinski definition) is 4. The number of rotatable bonds is 4. The van der Waals surface area contributed by atoms with Crippen LogP contribution in [0.5, 0.6) is 0 Å². The van der Waals surface area contributed by atoms with Gasteiger partial charge in [0.05, 0.1) is 0 Å². The summed E-state index contributed by atoms with van der Waals surface area (Å²) in [6, 6.07) is 0.755. The van der Waals surface area contributed by atoms with Gasteiger partial charge in [-0.2, -0.15) is 0 Å². The van der Waals surface area contributed by atoms with Gasteiger partial charge in [0.15, 0.2) is 0 Å². The molecular weight excluding hydrogens is 230 g/mol. The molecule has 0 bridgehead atoms. The van der Waals surface area contributed by atoms with Crippen LogP contribution in [-0.2, 0) is 6.54 Å². The minimum atomic E-state index is 0.417. The summed E-state index contributed by atoms with van der Waals surface area (Å²) in [5, 5.41) is 14.7. The summed E-state index contributed by atoms with van der Waals surface area (Å²) >= 11 is 1.82. The molecule has 2 fully saturated rings. The van der Waals surface area contributed by atoms with Gasteiger partial charge in [-0.1, -0.05) is 31.6 Å². The van der Waals surface area contributed by atoms with E-state index in [1.54, 1.807) is 0 Å². The molecule has 17 heavy (non-hydrogen) atoms. The van der Waals surface area contributed by atoms with Gasteiger partial charge in [-0.05, 0) is 31.1 Å². The van der Waals surface area contributed by atoms with E-state index >= 15 is 0 Å². The lowest BCUT2D eigenvalue weighted by Crippen LogP contribution is -2.15. The summed E-state index contributed by atoms with van der Waals surface area (Å²) in [5.41, 5.74) is 0.417. The van der Waals surface area contributed by atoms with Crippen molar-refractivity contribution >= 4 is 11.3 Å². The normalized spacial score (nSPS) is 27.5. The lowest BCUT2D eigenvalue weighted by atomic mass is 9.82. The van der Waals surface area contributed by atoms with Gasteiger partial charge in [0.25, 0.3) is 0 Å². The third kappa shape index (κ3) is 2.52. The Morgan fingerprint density at radius 2 is 2.12 bits per heavy atom. The highest BCUT2D eigenvalue weighted by molar-refractivity contribution is 7.11. The van der Waals surface area contributed by atoms with Crippen LogP contribution in [0.4, 0.5) is 0 Å². The van der Waals surface area contributed by atoms with Crippen molar-refractivity contribution in [1.82, 2.24) is 15.5 Å². The van der Waals surface area contributed by atoms with Crippen LogP contribution in [0.3, 0.4) is 0 Å². The van der Waals surface area contributed by atoms with Crippen molar-refractivity contribution in [3.05, 3.63) is 10.0 Å². The summed E-state index contributed by atoms with van der Waals surface area (Å²) in [6.07, 6.45) is 6.63. The number of nitrogens with one attached hydrogen (secondary N) is 1. The molecule has 3 rings (SSSR count). The van der Waals surface area contributed by atoms with Crippen LogP contribution in [-0.4, -0.2) is 16.2 Å². The summed E-state index contributed by atoms with van der Waals surface area (Å²) in [7, 11) is 0. The van der Waals surface area contributed by atoms with Crippen LogP contribution in [0.15, 0.2) is 0 Å². The lowest BCUT2D eigenvalue weighted by Gasteiger charge is -2.24. The van der Waals surface area contributed by atoms with Crippen molar-refractivity contribution < 1.29 is 0 Å². The fraction of sp³-hybridized carbons (Fsp3) is 0.846. The molecule has 0 aromatic carbocycles. The molecule has 0 radical (unpaired) electrons. The average molecular weight is 251 g/mol. The van der Waals surface area contributed by atoms with Crippen molar-refractivity contribution in [2.45, 2.75) is 64.5 Å². The molecule has 0 aliphatic heterocycles. The topological polar surface area (TPSA) is 37.8 Å². The zero-order chi connectivity index (χ0) is 11.9. The van der Waals surface area contributed by atoms with Gasteiger partial charge in [0.1, 0.15) is 10.0 Å². The Hall–Kier alpha value is -0.480. The highest BCUT2D eigenvalue weighted by atomic mass is 32.1. The molecular formula is C13H21N3S. The van der Waals surface area contributed by atoms with E-state index in [0.29, 0.717) is 11.3 Å². The van der Waals surface area contributed by atoms with Crippen molar-refractivity contribution in [2.75, 3.05) is 0 Å². The van der Waals surface area contributed by atoms with Crippen LogP contribution < -0.4 is 5.32 Å². The van der Waals surface area contributed by atoms with Crippen molar-refractivity contribution in [1.29, 1.82) is 0 Å². The number of nitrogens with zero attached hydrogens (tertiary/aromatic N) is 2. The quantitative estimate of drug-likeness (QED) is 0.893. The number of aromatic nitrogens is 2. The van der Waals surface area contributed by atoms with Crippen molar-refractivity contribution in [2.24, 2.45) is 5.41 Å². The molecule has 4 heteroatoms. The molecule has 0 amide bonds. The highest BCUT2D eigenvalue weighted by Crippen LogP contribution is 2.49. The van der Waals surface area contributed by atoms with E-state index in [9.17, 15) is 0 Å². The van der Waals surface area contributed by atoms with E-state index < -0.39 is 0 Å². The van der Waals surface area contributed by atoms with E-state index in [1.807, 2.05) is 11.3 Å². The Morgan fingerprint density at radius 1 is 1.29 bits per heavy atom. The predicted molar refractivity (Wildman–Crippen MR) is 70.1 cm³/mol. The van der Waals surface area contributed by atoms with E-state index in [1.165, 1.54) is 37.1 Å². The second-order valence-corrected chi connectivity index (χ2v) is 7.22. The molecule has 3 nitrogen and oxygen atoms in total. The molecule has 94 valence electrons. The largest absolute Gasteiger partial charge is 0.308 e. The van der Waals surface area contributed by atoms with Crippen molar-refractivity contribution in [3.63, 3.8) is 0 Å². The van der Waals surface area contributed by atoms with Gasteiger partial charge < -0.3 is 5.32 Å². The van der Waals surface area contributed by atoms with E-state index in [0.717, 1.165) is 17.6 Å². The molecule has 1 N–H and O–H groups in total. The molecule has 1 aromatic heterocycles. The zero-order valence-corrected chi connectivity index (χ0v) is 11.5. The summed E-state index contributed by atoms with van der Waals surface area (Å²) in [4.78, 5) is 0. The third-order valence-electron chi connectivity index (χ3n) is 4.16. The van der Waals surface area contributed by atoms with Gasteiger partial charge in [-0.25, -0.2) is 0 Å². The minimum Gasteiger partial charge on any atom is -0.308 e. The molecule has 0 spiro atoms. The first-order chi connectivity index (χ1) is 8.15. The molecule has 2 aliphatic rings. The monoisotopic (exact) mass is 251 g/mol. The van der Waals surface area contributed by atoms with Crippen LogP contribution in [0.25, 0.3) is 0 Å². The average Bonchev–Trinajstić information content (AvgIpc) is 2.88. The predicted octanol–water partition coefficient (Wildman–Crippen LogP) is 3.08.